The largest absolute Gasteiger partial charge is 0.349 e. The highest BCUT2D eigenvalue weighted by atomic mass is 79.9. The Bertz CT molecular complexity index is 741. The summed E-state index contributed by atoms with van der Waals surface area (Å²) in [5.74, 6) is 0.476. The molecule has 0 saturated heterocycles. The van der Waals surface area contributed by atoms with Crippen LogP contribution in [0, 0.1) is 5.92 Å². The Morgan fingerprint density at radius 1 is 0.931 bits per heavy atom. The molecule has 0 aliphatic carbocycles. The number of nitrogens with one attached hydrogen (secondary N) is 1. The number of thiocarbonyl (C=S) groups is 1. The molecule has 0 saturated carbocycles. The van der Waals surface area contributed by atoms with Crippen molar-refractivity contribution in [2.24, 2.45) is 5.92 Å². The number of pyridine rings is 1. The van der Waals surface area contributed by atoms with Gasteiger partial charge in [-0.15, -0.1) is 0 Å². The van der Waals surface area contributed by atoms with E-state index >= 15 is 0 Å². The molecule has 0 aliphatic heterocycles. The van der Waals surface area contributed by atoms with Gasteiger partial charge in [0.2, 0.25) is 0 Å². The maximum absolute atomic E-state index is 5.92. The molecule has 1 unspecified atom stereocenters. The molecule has 0 spiro atoms. The lowest BCUT2D eigenvalue weighted by Gasteiger charge is -2.21. The highest BCUT2D eigenvalue weighted by molar-refractivity contribution is 9.10. The Balaban J connectivity index is 2.00. The van der Waals surface area contributed by atoms with Crippen molar-refractivity contribution in [2.75, 3.05) is 5.32 Å². The van der Waals surface area contributed by atoms with E-state index in [0.717, 1.165) is 25.9 Å². The first-order chi connectivity index (χ1) is 14.2. The van der Waals surface area contributed by atoms with Crippen LogP contribution in [0.1, 0.15) is 90.9 Å². The Hall–Kier alpha value is -1.00. The summed E-state index contributed by atoms with van der Waals surface area (Å²) >= 11 is 9.58. The van der Waals surface area contributed by atoms with Gasteiger partial charge < -0.3 is 5.32 Å². The molecule has 4 heteroatoms. The summed E-state index contributed by atoms with van der Waals surface area (Å²) in [4.78, 5) is 5.30. The van der Waals surface area contributed by atoms with Gasteiger partial charge in [0.1, 0.15) is 0 Å². The van der Waals surface area contributed by atoms with E-state index in [1.807, 2.05) is 12.4 Å². The summed E-state index contributed by atoms with van der Waals surface area (Å²) in [6.07, 6.45) is 19.4. The zero-order valence-corrected chi connectivity index (χ0v) is 20.6. The summed E-state index contributed by atoms with van der Waals surface area (Å²) in [7, 11) is 0. The molecule has 0 fully saturated rings. The quantitative estimate of drug-likeness (QED) is 0.217. The summed E-state index contributed by atoms with van der Waals surface area (Å²) in [5, 5.41) is 5.89. The third kappa shape index (κ3) is 8.33. The van der Waals surface area contributed by atoms with Gasteiger partial charge in [0, 0.05) is 39.2 Å². The lowest BCUT2D eigenvalue weighted by atomic mass is 9.93. The van der Waals surface area contributed by atoms with Crippen LogP contribution in [-0.2, 0) is 0 Å². The monoisotopic (exact) mass is 476 g/mol. The molecule has 1 aromatic carbocycles. The number of unbranched alkanes of at least 4 members (excludes halogenated alkanes) is 8. The highest BCUT2D eigenvalue weighted by Crippen LogP contribution is 2.31. The van der Waals surface area contributed by atoms with Gasteiger partial charge >= 0.3 is 0 Å². The Kier molecular flexibility index (Phi) is 11.8. The van der Waals surface area contributed by atoms with E-state index < -0.39 is 0 Å². The van der Waals surface area contributed by atoms with Crippen molar-refractivity contribution in [3.63, 3.8) is 0 Å². The topological polar surface area (TPSA) is 24.9 Å². The van der Waals surface area contributed by atoms with Crippen LogP contribution in [0.3, 0.4) is 0 Å². The normalized spacial score (nSPS) is 12.2. The molecule has 1 aromatic heterocycles. The summed E-state index contributed by atoms with van der Waals surface area (Å²) < 4.78 is 1.01. The van der Waals surface area contributed by atoms with Crippen LogP contribution >= 0.6 is 28.1 Å². The number of rotatable bonds is 14. The zero-order chi connectivity index (χ0) is 20.9. The number of halogens is 1. The van der Waals surface area contributed by atoms with Gasteiger partial charge in [-0.2, -0.15) is 0 Å². The van der Waals surface area contributed by atoms with Crippen LogP contribution in [0.5, 0.6) is 0 Å². The fourth-order valence-corrected chi connectivity index (χ4v) is 4.83. The molecule has 0 bridgehead atoms. The second-order valence-electron chi connectivity index (χ2n) is 8.12. The summed E-state index contributed by atoms with van der Waals surface area (Å²) in [6, 6.07) is 6.30. The first-order valence-corrected chi connectivity index (χ1v) is 12.7. The third-order valence-electron chi connectivity index (χ3n) is 5.68. The van der Waals surface area contributed by atoms with Gasteiger partial charge in [0.05, 0.1) is 4.99 Å². The third-order valence-corrected chi connectivity index (χ3v) is 6.71. The second kappa shape index (κ2) is 14.1. The first kappa shape index (κ1) is 24.3. The SMILES string of the molecule is CCCCCCCCC(CCCCCC)C(=S)Nc1cccc2cncc(Br)c12. The number of hydrogen-bond acceptors (Lipinski definition) is 2. The van der Waals surface area contributed by atoms with E-state index in [1.54, 1.807) is 0 Å². The van der Waals surface area contributed by atoms with Gasteiger partial charge in [0.15, 0.2) is 0 Å². The molecular weight excluding hydrogens is 440 g/mol. The standard InChI is InChI=1S/C25H37BrN2S/c1-3-5-7-9-10-12-15-20(14-11-8-6-4-2)25(29)28-23-17-13-16-21-18-27-19-22(26)24(21)23/h13,16-20H,3-12,14-15H2,1-2H3,(H,28,29). The van der Waals surface area contributed by atoms with Crippen LogP contribution in [-0.4, -0.2) is 9.97 Å². The molecule has 1 atom stereocenters. The predicted molar refractivity (Wildman–Crippen MR) is 136 cm³/mol. The average Bonchev–Trinajstić information content (AvgIpc) is 2.72. The van der Waals surface area contributed by atoms with Gasteiger partial charge in [-0.25, -0.2) is 0 Å². The Morgan fingerprint density at radius 3 is 2.24 bits per heavy atom. The predicted octanol–water partition coefficient (Wildman–Crippen LogP) is 9.07. The van der Waals surface area contributed by atoms with Gasteiger partial charge in [-0.3, -0.25) is 4.98 Å². The van der Waals surface area contributed by atoms with Crippen LogP contribution in [0.2, 0.25) is 0 Å². The van der Waals surface area contributed by atoms with E-state index in [2.05, 4.69) is 58.3 Å². The highest BCUT2D eigenvalue weighted by Gasteiger charge is 2.16. The molecule has 0 aliphatic rings. The first-order valence-electron chi connectivity index (χ1n) is 11.5. The van der Waals surface area contributed by atoms with E-state index in [9.17, 15) is 0 Å². The maximum Gasteiger partial charge on any atom is 0.0828 e. The van der Waals surface area contributed by atoms with Gasteiger partial charge in [-0.1, -0.05) is 102 Å². The van der Waals surface area contributed by atoms with Crippen molar-refractivity contribution in [1.29, 1.82) is 0 Å². The van der Waals surface area contributed by atoms with Crippen LogP contribution < -0.4 is 5.32 Å². The molecule has 2 aromatic rings. The van der Waals surface area contributed by atoms with Crippen molar-refractivity contribution in [2.45, 2.75) is 90.9 Å². The molecule has 29 heavy (non-hydrogen) atoms. The second-order valence-corrected chi connectivity index (χ2v) is 9.41. The molecule has 1 N–H and O–H groups in total. The average molecular weight is 478 g/mol. The number of fused-ring (bicyclic) bond motifs is 1. The lowest BCUT2D eigenvalue weighted by Crippen LogP contribution is -2.21. The summed E-state index contributed by atoms with van der Waals surface area (Å²) in [6.45, 7) is 4.55. The fraction of sp³-hybridized carbons (Fsp3) is 0.600. The van der Waals surface area contributed by atoms with Gasteiger partial charge in [-0.05, 0) is 34.8 Å². The minimum atomic E-state index is 0.476. The summed E-state index contributed by atoms with van der Waals surface area (Å²) in [5.41, 5.74) is 1.09. The van der Waals surface area contributed by atoms with Crippen molar-refractivity contribution in [1.82, 2.24) is 4.98 Å². The maximum atomic E-state index is 5.92. The van der Waals surface area contributed by atoms with Gasteiger partial charge in [0.25, 0.3) is 0 Å². The van der Waals surface area contributed by atoms with E-state index in [1.165, 1.54) is 77.0 Å². The van der Waals surface area contributed by atoms with E-state index in [4.69, 9.17) is 12.2 Å². The number of nitrogens with zero attached hydrogens (tertiary/aromatic N) is 1. The van der Waals surface area contributed by atoms with E-state index in [0.29, 0.717) is 5.92 Å². The molecule has 0 radical (unpaired) electrons. The number of anilines is 1. The fourth-order valence-electron chi connectivity index (χ4n) is 3.93. The number of hydrogen-bond donors (Lipinski definition) is 1. The van der Waals surface area contributed by atoms with Crippen molar-refractivity contribution < 1.29 is 0 Å². The van der Waals surface area contributed by atoms with Crippen molar-refractivity contribution in [3.05, 3.63) is 35.1 Å². The van der Waals surface area contributed by atoms with Crippen molar-refractivity contribution in [3.8, 4) is 0 Å². The molecule has 2 rings (SSSR count). The van der Waals surface area contributed by atoms with Crippen LogP contribution in [0.4, 0.5) is 5.69 Å². The number of aromatic nitrogens is 1. The lowest BCUT2D eigenvalue weighted by molar-refractivity contribution is 0.491. The molecule has 1 heterocycles. The zero-order valence-electron chi connectivity index (χ0n) is 18.2. The minimum Gasteiger partial charge on any atom is -0.349 e. The molecule has 160 valence electrons. The van der Waals surface area contributed by atoms with E-state index in [-0.39, 0.29) is 0 Å². The Labute approximate surface area is 191 Å². The molecular formula is C25H37BrN2S. The minimum absolute atomic E-state index is 0.476. The Morgan fingerprint density at radius 2 is 1.55 bits per heavy atom. The smallest absolute Gasteiger partial charge is 0.0828 e. The molecule has 2 nitrogen and oxygen atoms in total. The van der Waals surface area contributed by atoms with Crippen LogP contribution in [0.25, 0.3) is 10.8 Å². The molecule has 0 amide bonds. The number of benzene rings is 1. The van der Waals surface area contributed by atoms with Crippen LogP contribution in [0.15, 0.2) is 35.1 Å². The van der Waals surface area contributed by atoms with Crippen molar-refractivity contribution >= 4 is 49.6 Å².